The summed E-state index contributed by atoms with van der Waals surface area (Å²) >= 11 is 3.43. The van der Waals surface area contributed by atoms with Crippen LogP contribution in [0.2, 0.25) is 0 Å². The summed E-state index contributed by atoms with van der Waals surface area (Å²) in [7, 11) is -1.29. The summed E-state index contributed by atoms with van der Waals surface area (Å²) in [5, 5.41) is 3.18. The highest BCUT2D eigenvalue weighted by atomic mass is 79.9. The minimum absolute atomic E-state index is 0.0916. The van der Waals surface area contributed by atoms with Crippen LogP contribution in [0.1, 0.15) is 18.5 Å². The van der Waals surface area contributed by atoms with E-state index in [4.69, 9.17) is 4.74 Å². The molecule has 0 saturated carbocycles. The molecule has 0 saturated heterocycles. The van der Waals surface area contributed by atoms with Gasteiger partial charge in [-0.05, 0) is 40.5 Å². The number of rotatable bonds is 6. The molecule has 0 spiro atoms. The second-order valence-corrected chi connectivity index (χ2v) is 7.31. The third-order valence-corrected chi connectivity index (χ3v) is 4.16. The highest BCUT2D eigenvalue weighted by molar-refractivity contribution is 9.10. The minimum atomic E-state index is -2.91. The summed E-state index contributed by atoms with van der Waals surface area (Å²) in [6.07, 6.45) is 1.24. The zero-order chi connectivity index (χ0) is 13.8. The Morgan fingerprint density at radius 1 is 1.44 bits per heavy atom. The van der Waals surface area contributed by atoms with Gasteiger partial charge in [-0.15, -0.1) is 0 Å². The average molecular weight is 336 g/mol. The van der Waals surface area contributed by atoms with E-state index in [2.05, 4.69) is 21.2 Å². The van der Waals surface area contributed by atoms with Crippen molar-refractivity contribution in [3.63, 3.8) is 0 Å². The van der Waals surface area contributed by atoms with Crippen LogP contribution in [-0.4, -0.2) is 34.1 Å². The van der Waals surface area contributed by atoms with Crippen LogP contribution in [0.25, 0.3) is 0 Å². The topological polar surface area (TPSA) is 55.4 Å². The van der Waals surface area contributed by atoms with Gasteiger partial charge in [-0.2, -0.15) is 0 Å². The van der Waals surface area contributed by atoms with E-state index in [1.807, 2.05) is 25.1 Å². The Morgan fingerprint density at radius 3 is 2.61 bits per heavy atom. The van der Waals surface area contributed by atoms with Gasteiger partial charge in [-0.3, -0.25) is 0 Å². The van der Waals surface area contributed by atoms with Gasteiger partial charge in [-0.25, -0.2) is 8.42 Å². The Kier molecular flexibility index (Phi) is 5.62. The maximum Gasteiger partial charge on any atom is 0.148 e. The Bertz CT molecular complexity index is 502. The Hall–Kier alpha value is -0.590. The average Bonchev–Trinajstić information content (AvgIpc) is 2.27. The maximum atomic E-state index is 11.0. The van der Waals surface area contributed by atoms with Crippen molar-refractivity contribution < 1.29 is 13.2 Å². The Balaban J connectivity index is 2.62. The van der Waals surface area contributed by atoms with E-state index >= 15 is 0 Å². The molecule has 1 aromatic carbocycles. The number of methoxy groups -OCH3 is 1. The summed E-state index contributed by atoms with van der Waals surface area (Å²) in [5.74, 6) is 0.927. The van der Waals surface area contributed by atoms with Gasteiger partial charge < -0.3 is 10.1 Å². The predicted octanol–water partition coefficient (Wildman–Crippen LogP) is 2.15. The largest absolute Gasteiger partial charge is 0.496 e. The van der Waals surface area contributed by atoms with Crippen LogP contribution < -0.4 is 10.1 Å². The lowest BCUT2D eigenvalue weighted by molar-refractivity contribution is 0.411. The van der Waals surface area contributed by atoms with Gasteiger partial charge in [0, 0.05) is 18.8 Å². The molecule has 18 heavy (non-hydrogen) atoms. The van der Waals surface area contributed by atoms with Crippen LogP contribution in [0.15, 0.2) is 22.7 Å². The van der Waals surface area contributed by atoms with Crippen LogP contribution in [0.4, 0.5) is 0 Å². The van der Waals surface area contributed by atoms with Crippen molar-refractivity contribution >= 4 is 25.8 Å². The maximum absolute atomic E-state index is 11.0. The Labute approximate surface area is 117 Å². The lowest BCUT2D eigenvalue weighted by atomic mass is 10.1. The molecule has 0 aliphatic rings. The summed E-state index contributed by atoms with van der Waals surface area (Å²) in [5.41, 5.74) is 1.08. The van der Waals surface area contributed by atoms with Gasteiger partial charge in [0.2, 0.25) is 0 Å². The van der Waals surface area contributed by atoms with Crippen molar-refractivity contribution in [2.75, 3.05) is 25.7 Å². The lowest BCUT2D eigenvalue weighted by Gasteiger charge is -2.15. The van der Waals surface area contributed by atoms with Gasteiger partial charge in [0.15, 0.2) is 0 Å². The second-order valence-electron chi connectivity index (χ2n) is 4.20. The number of hydrogen-bond acceptors (Lipinski definition) is 4. The zero-order valence-corrected chi connectivity index (χ0v) is 13.1. The van der Waals surface area contributed by atoms with Gasteiger partial charge in [0.1, 0.15) is 15.6 Å². The number of halogens is 1. The van der Waals surface area contributed by atoms with Gasteiger partial charge in [0.25, 0.3) is 0 Å². The zero-order valence-electron chi connectivity index (χ0n) is 10.7. The summed E-state index contributed by atoms with van der Waals surface area (Å²) in [6.45, 7) is 2.44. The van der Waals surface area contributed by atoms with E-state index < -0.39 is 9.84 Å². The summed E-state index contributed by atoms with van der Waals surface area (Å²) < 4.78 is 28.1. The van der Waals surface area contributed by atoms with Crippen molar-refractivity contribution in [1.29, 1.82) is 0 Å². The molecule has 0 aliphatic carbocycles. The molecule has 4 nitrogen and oxygen atoms in total. The van der Waals surface area contributed by atoms with Crippen LogP contribution in [-0.2, 0) is 9.84 Å². The quantitative estimate of drug-likeness (QED) is 0.865. The molecule has 0 aliphatic heterocycles. The molecule has 1 aromatic rings. The van der Waals surface area contributed by atoms with E-state index in [9.17, 15) is 8.42 Å². The first-order valence-corrected chi connectivity index (χ1v) is 8.43. The number of sulfone groups is 1. The van der Waals surface area contributed by atoms with Crippen molar-refractivity contribution in [2.24, 2.45) is 0 Å². The SMILES string of the molecule is COc1ccc(C(C)NCCS(C)(=O)=O)cc1Br. The van der Waals surface area contributed by atoms with E-state index in [1.54, 1.807) is 7.11 Å². The van der Waals surface area contributed by atoms with Crippen molar-refractivity contribution in [1.82, 2.24) is 5.32 Å². The molecule has 0 heterocycles. The van der Waals surface area contributed by atoms with Crippen LogP contribution in [0.3, 0.4) is 0 Å². The minimum Gasteiger partial charge on any atom is -0.496 e. The van der Waals surface area contributed by atoms with E-state index in [0.29, 0.717) is 6.54 Å². The van der Waals surface area contributed by atoms with Crippen LogP contribution >= 0.6 is 15.9 Å². The fourth-order valence-electron chi connectivity index (χ4n) is 1.53. The van der Waals surface area contributed by atoms with Crippen molar-refractivity contribution in [2.45, 2.75) is 13.0 Å². The van der Waals surface area contributed by atoms with Crippen LogP contribution in [0, 0.1) is 0 Å². The normalized spacial score (nSPS) is 13.3. The molecular formula is C12H18BrNO3S. The van der Waals surface area contributed by atoms with Crippen molar-refractivity contribution in [3.8, 4) is 5.75 Å². The first-order valence-electron chi connectivity index (χ1n) is 5.58. The molecule has 102 valence electrons. The van der Waals surface area contributed by atoms with Crippen molar-refractivity contribution in [3.05, 3.63) is 28.2 Å². The van der Waals surface area contributed by atoms with Gasteiger partial charge in [-0.1, -0.05) is 6.07 Å². The smallest absolute Gasteiger partial charge is 0.148 e. The summed E-state index contributed by atoms with van der Waals surface area (Å²) in [6, 6.07) is 5.90. The first kappa shape index (κ1) is 15.5. The van der Waals surface area contributed by atoms with E-state index in [1.165, 1.54) is 6.26 Å². The molecule has 1 rings (SSSR count). The highest BCUT2D eigenvalue weighted by Gasteiger charge is 2.09. The van der Waals surface area contributed by atoms with E-state index in [0.717, 1.165) is 15.8 Å². The Morgan fingerprint density at radius 2 is 2.11 bits per heavy atom. The standard InChI is InChI=1S/C12H18BrNO3S/c1-9(14-6-7-18(3,15)16)10-4-5-12(17-2)11(13)8-10/h4-5,8-9,14H,6-7H2,1-3H3. The van der Waals surface area contributed by atoms with Gasteiger partial charge >= 0.3 is 0 Å². The fourth-order valence-corrected chi connectivity index (χ4v) is 2.58. The molecular weight excluding hydrogens is 318 g/mol. The molecule has 0 aromatic heterocycles. The van der Waals surface area contributed by atoms with E-state index in [-0.39, 0.29) is 11.8 Å². The number of ether oxygens (including phenoxy) is 1. The fraction of sp³-hybridized carbons (Fsp3) is 0.500. The molecule has 0 bridgehead atoms. The highest BCUT2D eigenvalue weighted by Crippen LogP contribution is 2.27. The number of benzene rings is 1. The molecule has 0 radical (unpaired) electrons. The number of nitrogens with one attached hydrogen (secondary N) is 1. The molecule has 1 unspecified atom stereocenters. The summed E-state index contributed by atoms with van der Waals surface area (Å²) in [4.78, 5) is 0. The third-order valence-electron chi connectivity index (χ3n) is 2.60. The number of hydrogen-bond donors (Lipinski definition) is 1. The molecule has 1 N–H and O–H groups in total. The molecule has 0 fully saturated rings. The predicted molar refractivity (Wildman–Crippen MR) is 76.8 cm³/mol. The second kappa shape index (κ2) is 6.54. The van der Waals surface area contributed by atoms with Gasteiger partial charge in [0.05, 0.1) is 17.3 Å². The first-order chi connectivity index (χ1) is 8.33. The molecule has 0 amide bonds. The molecule has 6 heteroatoms. The molecule has 1 atom stereocenters. The monoisotopic (exact) mass is 335 g/mol. The third kappa shape index (κ3) is 4.96. The van der Waals surface area contributed by atoms with Crippen LogP contribution in [0.5, 0.6) is 5.75 Å². The lowest BCUT2D eigenvalue weighted by Crippen LogP contribution is -2.25.